The fourth-order valence-corrected chi connectivity index (χ4v) is 2.39. The minimum Gasteiger partial charge on any atom is -0.497 e. The average Bonchev–Trinajstić information content (AvgIpc) is 2.44. The van der Waals surface area contributed by atoms with E-state index in [1.54, 1.807) is 7.11 Å². The van der Waals surface area contributed by atoms with Gasteiger partial charge in [0.25, 0.3) is 0 Å². The maximum Gasteiger partial charge on any atom is 0.119 e. The Bertz CT molecular complexity index is 528. The summed E-state index contributed by atoms with van der Waals surface area (Å²) < 4.78 is 6.34. The zero-order valence-corrected chi connectivity index (χ0v) is 12.6. The number of methoxy groups -OCH3 is 1. The molecular formula is C16H18BrNO. The predicted molar refractivity (Wildman–Crippen MR) is 82.5 cm³/mol. The molecule has 0 saturated heterocycles. The van der Waals surface area contributed by atoms with Gasteiger partial charge in [-0.1, -0.05) is 40.2 Å². The molecule has 0 amide bonds. The molecule has 0 radical (unpaired) electrons. The Morgan fingerprint density at radius 3 is 2.63 bits per heavy atom. The summed E-state index contributed by atoms with van der Waals surface area (Å²) in [5, 5.41) is 3.45. The van der Waals surface area contributed by atoms with Gasteiger partial charge in [-0.2, -0.15) is 0 Å². The molecular weight excluding hydrogens is 302 g/mol. The maximum atomic E-state index is 5.22. The molecule has 19 heavy (non-hydrogen) atoms. The third-order valence-corrected chi connectivity index (χ3v) is 3.44. The van der Waals surface area contributed by atoms with Gasteiger partial charge in [-0.15, -0.1) is 0 Å². The first kappa shape index (κ1) is 14.1. The summed E-state index contributed by atoms with van der Waals surface area (Å²) in [6.07, 6.45) is 1.01. The van der Waals surface area contributed by atoms with E-state index in [2.05, 4.69) is 51.6 Å². The highest BCUT2D eigenvalue weighted by Crippen LogP contribution is 2.13. The van der Waals surface area contributed by atoms with E-state index in [9.17, 15) is 0 Å². The first-order valence-electron chi connectivity index (χ1n) is 6.36. The number of nitrogens with one attached hydrogen (secondary N) is 1. The van der Waals surface area contributed by atoms with Crippen molar-refractivity contribution in [2.24, 2.45) is 0 Å². The van der Waals surface area contributed by atoms with Crippen LogP contribution in [0.4, 0.5) is 0 Å². The molecule has 2 aromatic carbocycles. The van der Waals surface area contributed by atoms with Crippen molar-refractivity contribution in [2.75, 3.05) is 13.7 Å². The fraction of sp³-hybridized carbons (Fsp3) is 0.250. The van der Waals surface area contributed by atoms with E-state index in [4.69, 9.17) is 4.74 Å². The largest absolute Gasteiger partial charge is 0.497 e. The van der Waals surface area contributed by atoms with E-state index in [0.717, 1.165) is 29.7 Å². The zero-order valence-electron chi connectivity index (χ0n) is 11.0. The van der Waals surface area contributed by atoms with Crippen LogP contribution < -0.4 is 10.1 Å². The molecule has 0 atom stereocenters. The Hall–Kier alpha value is -1.32. The van der Waals surface area contributed by atoms with Crippen molar-refractivity contribution in [3.8, 4) is 5.75 Å². The van der Waals surface area contributed by atoms with Crippen molar-refractivity contribution in [1.29, 1.82) is 0 Å². The molecule has 2 nitrogen and oxygen atoms in total. The van der Waals surface area contributed by atoms with Crippen LogP contribution in [0.3, 0.4) is 0 Å². The Morgan fingerprint density at radius 1 is 1.05 bits per heavy atom. The Labute approximate surface area is 122 Å². The first-order chi connectivity index (χ1) is 9.28. The Balaban J connectivity index is 1.77. The van der Waals surface area contributed by atoms with Gasteiger partial charge < -0.3 is 10.1 Å². The fourth-order valence-electron chi connectivity index (χ4n) is 1.94. The van der Waals surface area contributed by atoms with Crippen LogP contribution in [-0.4, -0.2) is 13.7 Å². The van der Waals surface area contributed by atoms with Gasteiger partial charge in [0, 0.05) is 11.0 Å². The molecule has 2 aromatic rings. The number of hydrogen-bond donors (Lipinski definition) is 1. The van der Waals surface area contributed by atoms with Gasteiger partial charge in [0.15, 0.2) is 0 Å². The minimum absolute atomic E-state index is 0.892. The minimum atomic E-state index is 0.892. The van der Waals surface area contributed by atoms with Crippen LogP contribution in [0.1, 0.15) is 11.1 Å². The van der Waals surface area contributed by atoms with Gasteiger partial charge in [-0.05, 0) is 48.4 Å². The van der Waals surface area contributed by atoms with E-state index in [0.29, 0.717) is 0 Å². The van der Waals surface area contributed by atoms with Gasteiger partial charge >= 0.3 is 0 Å². The van der Waals surface area contributed by atoms with Gasteiger partial charge in [-0.25, -0.2) is 0 Å². The number of hydrogen-bond acceptors (Lipinski definition) is 2. The lowest BCUT2D eigenvalue weighted by Crippen LogP contribution is -2.16. The summed E-state index contributed by atoms with van der Waals surface area (Å²) in [7, 11) is 1.70. The lowest BCUT2D eigenvalue weighted by Gasteiger charge is -2.07. The standard InChI is InChI=1S/C16H18BrNO/c1-19-16-7-3-4-13(11-16)8-9-18-12-14-5-2-6-15(17)10-14/h2-7,10-11,18H,8-9,12H2,1H3. The maximum absolute atomic E-state index is 5.22. The molecule has 0 bridgehead atoms. The van der Waals surface area contributed by atoms with E-state index >= 15 is 0 Å². The molecule has 2 rings (SSSR count). The van der Waals surface area contributed by atoms with Crippen LogP contribution in [0.2, 0.25) is 0 Å². The van der Waals surface area contributed by atoms with Gasteiger partial charge in [0.1, 0.15) is 5.75 Å². The van der Waals surface area contributed by atoms with E-state index in [1.165, 1.54) is 11.1 Å². The molecule has 0 aliphatic heterocycles. The highest BCUT2D eigenvalue weighted by Gasteiger charge is 1.97. The van der Waals surface area contributed by atoms with Crippen LogP contribution >= 0.6 is 15.9 Å². The van der Waals surface area contributed by atoms with Crippen molar-refractivity contribution < 1.29 is 4.74 Å². The van der Waals surface area contributed by atoms with E-state index in [1.807, 2.05) is 18.2 Å². The van der Waals surface area contributed by atoms with Crippen LogP contribution in [0.5, 0.6) is 5.75 Å². The summed E-state index contributed by atoms with van der Waals surface area (Å²) in [6.45, 7) is 1.85. The molecule has 0 saturated carbocycles. The summed E-state index contributed by atoms with van der Waals surface area (Å²) in [4.78, 5) is 0. The summed E-state index contributed by atoms with van der Waals surface area (Å²) in [5.41, 5.74) is 2.58. The molecule has 1 N–H and O–H groups in total. The SMILES string of the molecule is COc1cccc(CCNCc2cccc(Br)c2)c1. The molecule has 0 aliphatic carbocycles. The van der Waals surface area contributed by atoms with Gasteiger partial charge in [-0.3, -0.25) is 0 Å². The topological polar surface area (TPSA) is 21.3 Å². The molecule has 3 heteroatoms. The Kier molecular flexibility index (Phi) is 5.43. The van der Waals surface area contributed by atoms with Crippen molar-refractivity contribution in [3.05, 3.63) is 64.1 Å². The first-order valence-corrected chi connectivity index (χ1v) is 7.15. The second-order valence-electron chi connectivity index (χ2n) is 4.41. The lowest BCUT2D eigenvalue weighted by molar-refractivity contribution is 0.414. The highest BCUT2D eigenvalue weighted by atomic mass is 79.9. The van der Waals surface area contributed by atoms with Crippen LogP contribution in [0.25, 0.3) is 0 Å². The second-order valence-corrected chi connectivity index (χ2v) is 5.32. The quantitative estimate of drug-likeness (QED) is 0.818. The lowest BCUT2D eigenvalue weighted by atomic mass is 10.1. The number of ether oxygens (including phenoxy) is 1. The van der Waals surface area contributed by atoms with E-state index in [-0.39, 0.29) is 0 Å². The van der Waals surface area contributed by atoms with Crippen molar-refractivity contribution in [3.63, 3.8) is 0 Å². The number of halogens is 1. The molecule has 100 valence electrons. The van der Waals surface area contributed by atoms with Gasteiger partial charge in [0.05, 0.1) is 7.11 Å². The van der Waals surface area contributed by atoms with Crippen LogP contribution in [0, 0.1) is 0 Å². The molecule has 0 heterocycles. The summed E-state index contributed by atoms with van der Waals surface area (Å²) in [6, 6.07) is 16.6. The molecule has 0 spiro atoms. The predicted octanol–water partition coefficient (Wildman–Crippen LogP) is 3.79. The van der Waals surface area contributed by atoms with Crippen molar-refractivity contribution in [1.82, 2.24) is 5.32 Å². The summed E-state index contributed by atoms with van der Waals surface area (Å²) >= 11 is 3.48. The molecule has 0 aromatic heterocycles. The zero-order chi connectivity index (χ0) is 13.5. The highest BCUT2D eigenvalue weighted by molar-refractivity contribution is 9.10. The van der Waals surface area contributed by atoms with Crippen LogP contribution in [-0.2, 0) is 13.0 Å². The van der Waals surface area contributed by atoms with Crippen LogP contribution in [0.15, 0.2) is 53.0 Å². The third-order valence-electron chi connectivity index (χ3n) is 2.94. The number of benzene rings is 2. The average molecular weight is 320 g/mol. The second kappa shape index (κ2) is 7.31. The van der Waals surface area contributed by atoms with E-state index < -0.39 is 0 Å². The molecule has 0 aliphatic rings. The van der Waals surface area contributed by atoms with Crippen molar-refractivity contribution in [2.45, 2.75) is 13.0 Å². The normalized spacial score (nSPS) is 10.4. The third kappa shape index (κ3) is 4.69. The monoisotopic (exact) mass is 319 g/mol. The Morgan fingerprint density at radius 2 is 1.84 bits per heavy atom. The number of rotatable bonds is 6. The summed E-state index contributed by atoms with van der Waals surface area (Å²) in [5.74, 6) is 0.921. The molecule has 0 fully saturated rings. The van der Waals surface area contributed by atoms with Gasteiger partial charge in [0.2, 0.25) is 0 Å². The molecule has 0 unspecified atom stereocenters. The smallest absolute Gasteiger partial charge is 0.119 e. The van der Waals surface area contributed by atoms with Crippen molar-refractivity contribution >= 4 is 15.9 Å².